The van der Waals surface area contributed by atoms with E-state index >= 15 is 0 Å². The summed E-state index contributed by atoms with van der Waals surface area (Å²) in [4.78, 5) is 8.53. The Hall–Kier alpha value is -1.90. The van der Waals surface area contributed by atoms with Crippen LogP contribution >= 0.6 is 0 Å². The summed E-state index contributed by atoms with van der Waals surface area (Å²) in [6, 6.07) is 12.6. The van der Waals surface area contributed by atoms with Gasteiger partial charge in [0, 0.05) is 18.3 Å². The predicted octanol–water partition coefficient (Wildman–Crippen LogP) is 3.64. The second-order valence-corrected chi connectivity index (χ2v) is 4.84. The van der Waals surface area contributed by atoms with Gasteiger partial charge in [0.2, 0.25) is 0 Å². The zero-order chi connectivity index (χ0) is 13.5. The Morgan fingerprint density at radius 2 is 1.95 bits per heavy atom. The molecule has 3 nitrogen and oxygen atoms in total. The fourth-order valence-electron chi connectivity index (χ4n) is 2.04. The van der Waals surface area contributed by atoms with Gasteiger partial charge in [0.25, 0.3) is 0 Å². The van der Waals surface area contributed by atoms with Gasteiger partial charge < -0.3 is 5.32 Å². The number of nitrogens with one attached hydrogen (secondary N) is 1. The largest absolute Gasteiger partial charge is 0.369 e. The molecule has 0 spiro atoms. The van der Waals surface area contributed by atoms with Crippen molar-refractivity contribution in [3.05, 3.63) is 54.0 Å². The van der Waals surface area contributed by atoms with Crippen LogP contribution in [0.3, 0.4) is 0 Å². The number of hydrogen-bond donors (Lipinski definition) is 1. The maximum Gasteiger partial charge on any atom is 0.129 e. The molecule has 100 valence electrons. The third kappa shape index (κ3) is 4.05. The highest BCUT2D eigenvalue weighted by Gasteiger charge is 2.05. The summed E-state index contributed by atoms with van der Waals surface area (Å²) in [5.41, 5.74) is 2.45. The molecule has 0 saturated heterocycles. The molecule has 1 N–H and O–H groups in total. The van der Waals surface area contributed by atoms with Crippen molar-refractivity contribution in [2.24, 2.45) is 0 Å². The van der Waals surface area contributed by atoms with Gasteiger partial charge >= 0.3 is 0 Å². The third-order valence-corrected chi connectivity index (χ3v) is 3.19. The van der Waals surface area contributed by atoms with E-state index in [4.69, 9.17) is 0 Å². The first-order valence-electron chi connectivity index (χ1n) is 6.89. The van der Waals surface area contributed by atoms with Crippen molar-refractivity contribution in [1.82, 2.24) is 9.97 Å². The van der Waals surface area contributed by atoms with Crippen LogP contribution in [0.25, 0.3) is 0 Å². The van der Waals surface area contributed by atoms with Crippen molar-refractivity contribution in [3.8, 4) is 0 Å². The number of benzene rings is 1. The van der Waals surface area contributed by atoms with Gasteiger partial charge in [-0.1, -0.05) is 50.6 Å². The maximum absolute atomic E-state index is 4.27. The molecule has 2 rings (SSSR count). The van der Waals surface area contributed by atoms with Crippen molar-refractivity contribution in [3.63, 3.8) is 0 Å². The van der Waals surface area contributed by atoms with Crippen LogP contribution in [0, 0.1) is 0 Å². The smallest absolute Gasteiger partial charge is 0.129 e. The summed E-state index contributed by atoms with van der Waals surface area (Å²) in [6.07, 6.45) is 3.75. The van der Waals surface area contributed by atoms with E-state index in [-0.39, 0.29) is 0 Å². The molecule has 1 aromatic heterocycles. The van der Waals surface area contributed by atoms with E-state index < -0.39 is 0 Å². The average Bonchev–Trinajstić information content (AvgIpc) is 2.46. The minimum atomic E-state index is 0.464. The first-order chi connectivity index (χ1) is 9.29. The highest BCUT2D eigenvalue weighted by atomic mass is 15.0. The molecule has 1 aromatic carbocycles. The monoisotopic (exact) mass is 255 g/mol. The summed E-state index contributed by atoms with van der Waals surface area (Å²) in [6.45, 7) is 5.26. The number of nitrogens with zero attached hydrogens (tertiary/aromatic N) is 2. The van der Waals surface area contributed by atoms with Gasteiger partial charge in [-0.05, 0) is 17.9 Å². The second-order valence-electron chi connectivity index (χ2n) is 4.84. The number of anilines is 1. The van der Waals surface area contributed by atoms with E-state index in [1.165, 1.54) is 5.56 Å². The molecular weight excluding hydrogens is 234 g/mol. The highest BCUT2D eigenvalue weighted by Crippen LogP contribution is 2.15. The van der Waals surface area contributed by atoms with Crippen LogP contribution in [-0.4, -0.2) is 16.5 Å². The van der Waals surface area contributed by atoms with Crippen molar-refractivity contribution < 1.29 is 0 Å². The second kappa shape index (κ2) is 6.88. The molecule has 0 bridgehead atoms. The molecule has 0 saturated carbocycles. The summed E-state index contributed by atoms with van der Waals surface area (Å²) in [5.74, 6) is 1.38. The molecule has 1 unspecified atom stereocenters. The molecule has 2 aromatic rings. The quantitative estimate of drug-likeness (QED) is 0.856. The average molecular weight is 255 g/mol. The molecule has 3 heteroatoms. The van der Waals surface area contributed by atoms with E-state index in [2.05, 4.69) is 53.4 Å². The van der Waals surface area contributed by atoms with Gasteiger partial charge in [-0.3, -0.25) is 0 Å². The highest BCUT2D eigenvalue weighted by molar-refractivity contribution is 5.35. The molecule has 0 amide bonds. The van der Waals surface area contributed by atoms with Crippen LogP contribution in [0.4, 0.5) is 5.82 Å². The lowest BCUT2D eigenvalue weighted by Gasteiger charge is -2.13. The van der Waals surface area contributed by atoms with Crippen LogP contribution in [0.15, 0.2) is 42.7 Å². The van der Waals surface area contributed by atoms with Gasteiger partial charge in [0.05, 0.1) is 0 Å². The standard InChI is InChI=1S/C16H21N3/c1-3-7-15-10-16(19-12-18-15)17-11-13(2)14-8-5-4-6-9-14/h4-6,8-10,12-13H,3,7,11H2,1-2H3,(H,17,18,19). The Morgan fingerprint density at radius 1 is 1.16 bits per heavy atom. The minimum absolute atomic E-state index is 0.464. The Kier molecular flexibility index (Phi) is 4.90. The van der Waals surface area contributed by atoms with Crippen molar-refractivity contribution in [2.75, 3.05) is 11.9 Å². The van der Waals surface area contributed by atoms with E-state index in [0.29, 0.717) is 5.92 Å². The lowest BCUT2D eigenvalue weighted by Crippen LogP contribution is -2.11. The molecule has 0 fully saturated rings. The van der Waals surface area contributed by atoms with E-state index in [9.17, 15) is 0 Å². The predicted molar refractivity (Wildman–Crippen MR) is 79.4 cm³/mol. The lowest BCUT2D eigenvalue weighted by molar-refractivity contribution is 0.798. The summed E-state index contributed by atoms with van der Waals surface area (Å²) in [7, 11) is 0. The van der Waals surface area contributed by atoms with Crippen LogP contribution in [0.2, 0.25) is 0 Å². The fourth-order valence-corrected chi connectivity index (χ4v) is 2.04. The summed E-state index contributed by atoms with van der Waals surface area (Å²) in [5, 5.41) is 3.39. The Labute approximate surface area is 115 Å². The van der Waals surface area contributed by atoms with Crippen LogP contribution < -0.4 is 5.32 Å². The SMILES string of the molecule is CCCc1cc(NCC(C)c2ccccc2)ncn1. The molecular formula is C16H21N3. The zero-order valence-corrected chi connectivity index (χ0v) is 11.6. The maximum atomic E-state index is 4.27. The summed E-state index contributed by atoms with van der Waals surface area (Å²) >= 11 is 0. The van der Waals surface area contributed by atoms with E-state index in [1.54, 1.807) is 6.33 Å². The van der Waals surface area contributed by atoms with E-state index in [0.717, 1.165) is 30.9 Å². The summed E-state index contributed by atoms with van der Waals surface area (Å²) < 4.78 is 0. The van der Waals surface area contributed by atoms with Gasteiger partial charge in [0.1, 0.15) is 12.1 Å². The van der Waals surface area contributed by atoms with E-state index in [1.807, 2.05) is 12.1 Å². The molecule has 0 radical (unpaired) electrons. The molecule has 0 aliphatic heterocycles. The Morgan fingerprint density at radius 3 is 2.68 bits per heavy atom. The zero-order valence-electron chi connectivity index (χ0n) is 11.6. The molecule has 1 heterocycles. The first-order valence-corrected chi connectivity index (χ1v) is 6.89. The van der Waals surface area contributed by atoms with Gasteiger partial charge in [-0.15, -0.1) is 0 Å². The van der Waals surface area contributed by atoms with Crippen molar-refractivity contribution in [1.29, 1.82) is 0 Å². The Balaban J connectivity index is 1.93. The molecule has 19 heavy (non-hydrogen) atoms. The number of aryl methyl sites for hydroxylation is 1. The van der Waals surface area contributed by atoms with Crippen molar-refractivity contribution in [2.45, 2.75) is 32.6 Å². The number of rotatable bonds is 6. The lowest BCUT2D eigenvalue weighted by atomic mass is 10.0. The third-order valence-electron chi connectivity index (χ3n) is 3.19. The molecule has 0 aliphatic rings. The fraction of sp³-hybridized carbons (Fsp3) is 0.375. The topological polar surface area (TPSA) is 37.8 Å². The number of hydrogen-bond acceptors (Lipinski definition) is 3. The van der Waals surface area contributed by atoms with Gasteiger partial charge in [-0.25, -0.2) is 9.97 Å². The Bertz CT molecular complexity index is 496. The number of aromatic nitrogens is 2. The minimum Gasteiger partial charge on any atom is -0.369 e. The van der Waals surface area contributed by atoms with Crippen LogP contribution in [0.5, 0.6) is 0 Å². The first kappa shape index (κ1) is 13.5. The molecule has 0 aliphatic carbocycles. The van der Waals surface area contributed by atoms with Gasteiger partial charge in [0.15, 0.2) is 0 Å². The van der Waals surface area contributed by atoms with Crippen LogP contribution in [0.1, 0.15) is 37.4 Å². The van der Waals surface area contributed by atoms with Crippen molar-refractivity contribution >= 4 is 5.82 Å². The van der Waals surface area contributed by atoms with Crippen LogP contribution in [-0.2, 0) is 6.42 Å². The molecule has 1 atom stereocenters. The normalized spacial score (nSPS) is 12.1. The van der Waals surface area contributed by atoms with Gasteiger partial charge in [-0.2, -0.15) is 0 Å².